The second kappa shape index (κ2) is 14.7. The van der Waals surface area contributed by atoms with Crippen molar-refractivity contribution < 1.29 is 24.2 Å². The first-order chi connectivity index (χ1) is 22.3. The molecule has 0 saturated heterocycles. The van der Waals surface area contributed by atoms with E-state index >= 15 is 0 Å². The highest BCUT2D eigenvalue weighted by Crippen LogP contribution is 2.28. The van der Waals surface area contributed by atoms with E-state index in [1.54, 1.807) is 54.6 Å². The van der Waals surface area contributed by atoms with Crippen LogP contribution in [0.3, 0.4) is 0 Å². The zero-order valence-corrected chi connectivity index (χ0v) is 25.1. The van der Waals surface area contributed by atoms with Crippen LogP contribution < -0.4 is 10.6 Å². The normalized spacial score (nSPS) is 11.6. The summed E-state index contributed by atoms with van der Waals surface area (Å²) in [6.07, 6.45) is 3.80. The van der Waals surface area contributed by atoms with E-state index in [0.29, 0.717) is 45.2 Å². The summed E-state index contributed by atoms with van der Waals surface area (Å²) < 4.78 is 6.10. The van der Waals surface area contributed by atoms with Gasteiger partial charge in [-0.3, -0.25) is 14.9 Å². The van der Waals surface area contributed by atoms with Gasteiger partial charge in [0.05, 0.1) is 36.6 Å². The molecule has 2 amide bonds. The number of nitrogens with one attached hydrogen (secondary N) is 2. The molecule has 46 heavy (non-hydrogen) atoms. The number of halogens is 1. The first-order valence-corrected chi connectivity index (χ1v) is 14.3. The number of aliphatic carboxylic acids is 1. The number of aromatic nitrogens is 6. The molecule has 14 heteroatoms. The SMILES string of the molecule is COC(=O)Nc1ccc(-c2cc(C(Cc3ccccc3)NC(=O)C=Cc3cc(Cl)ccc3-n3cnnn3)nnc2CC(=O)O)cc1. The van der Waals surface area contributed by atoms with E-state index in [1.165, 1.54) is 24.2 Å². The molecule has 3 N–H and O–H groups in total. The maximum atomic E-state index is 13.3. The zero-order chi connectivity index (χ0) is 32.5. The van der Waals surface area contributed by atoms with E-state index in [9.17, 15) is 19.5 Å². The highest BCUT2D eigenvalue weighted by atomic mass is 35.5. The average molecular weight is 639 g/mol. The monoisotopic (exact) mass is 638 g/mol. The van der Waals surface area contributed by atoms with Crippen LogP contribution in [0.5, 0.6) is 0 Å². The minimum atomic E-state index is -1.08. The molecule has 2 heterocycles. The van der Waals surface area contributed by atoms with Crippen LogP contribution in [-0.4, -0.2) is 60.6 Å². The lowest BCUT2D eigenvalue weighted by molar-refractivity contribution is -0.136. The van der Waals surface area contributed by atoms with Gasteiger partial charge in [-0.05, 0) is 70.4 Å². The topological polar surface area (TPSA) is 174 Å². The molecule has 0 aliphatic heterocycles. The van der Waals surface area contributed by atoms with Gasteiger partial charge in [0.25, 0.3) is 0 Å². The third-order valence-corrected chi connectivity index (χ3v) is 7.03. The van der Waals surface area contributed by atoms with Gasteiger partial charge in [0.2, 0.25) is 5.91 Å². The van der Waals surface area contributed by atoms with Crippen LogP contribution >= 0.6 is 11.6 Å². The Morgan fingerprint density at radius 1 is 1.02 bits per heavy atom. The Kier molecular flexibility index (Phi) is 10.0. The first-order valence-electron chi connectivity index (χ1n) is 13.9. The van der Waals surface area contributed by atoms with Crippen molar-refractivity contribution >= 4 is 41.3 Å². The molecule has 13 nitrogen and oxygen atoms in total. The number of carbonyl (C=O) groups excluding carboxylic acids is 2. The van der Waals surface area contributed by atoms with Crippen molar-refractivity contribution in [3.8, 4) is 16.8 Å². The van der Waals surface area contributed by atoms with E-state index in [2.05, 4.69) is 41.1 Å². The number of carboxylic acid groups (broad SMARTS) is 1. The van der Waals surface area contributed by atoms with E-state index < -0.39 is 24.0 Å². The van der Waals surface area contributed by atoms with Crippen LogP contribution in [0.1, 0.15) is 28.6 Å². The van der Waals surface area contributed by atoms with Crippen LogP contribution in [0.2, 0.25) is 5.02 Å². The number of methoxy groups -OCH3 is 1. The van der Waals surface area contributed by atoms with E-state index in [4.69, 9.17) is 11.6 Å². The maximum Gasteiger partial charge on any atom is 0.411 e. The minimum absolute atomic E-state index is 0.241. The van der Waals surface area contributed by atoms with Crippen LogP contribution in [-0.2, 0) is 27.2 Å². The van der Waals surface area contributed by atoms with Gasteiger partial charge in [0.1, 0.15) is 6.33 Å². The van der Waals surface area contributed by atoms with Crippen molar-refractivity contribution in [1.82, 2.24) is 35.7 Å². The fraction of sp³-hybridized carbons (Fsp3) is 0.125. The molecule has 5 rings (SSSR count). The molecule has 232 valence electrons. The molecule has 1 unspecified atom stereocenters. The molecule has 0 fully saturated rings. The second-order valence-corrected chi connectivity index (χ2v) is 10.4. The van der Waals surface area contributed by atoms with E-state index in [1.807, 2.05) is 30.3 Å². The number of ether oxygens (including phenoxy) is 1. The van der Waals surface area contributed by atoms with Crippen LogP contribution in [0.25, 0.3) is 22.9 Å². The second-order valence-electron chi connectivity index (χ2n) is 9.94. The van der Waals surface area contributed by atoms with Gasteiger partial charge in [-0.25, -0.2) is 4.79 Å². The van der Waals surface area contributed by atoms with Crippen molar-refractivity contribution in [3.63, 3.8) is 0 Å². The van der Waals surface area contributed by atoms with Gasteiger partial charge >= 0.3 is 12.1 Å². The highest BCUT2D eigenvalue weighted by Gasteiger charge is 2.21. The summed E-state index contributed by atoms with van der Waals surface area (Å²) in [6, 6.07) is 22.5. The molecule has 0 spiro atoms. The predicted octanol–water partition coefficient (Wildman–Crippen LogP) is 4.69. The Balaban J connectivity index is 1.47. The Morgan fingerprint density at radius 3 is 2.50 bits per heavy atom. The molecular weight excluding hydrogens is 612 g/mol. The Labute approximate surface area is 267 Å². The lowest BCUT2D eigenvalue weighted by atomic mass is 9.97. The van der Waals surface area contributed by atoms with Gasteiger partial charge in [-0.2, -0.15) is 14.9 Å². The summed E-state index contributed by atoms with van der Waals surface area (Å²) in [6.45, 7) is 0. The third kappa shape index (κ3) is 8.15. The molecule has 5 aromatic rings. The third-order valence-electron chi connectivity index (χ3n) is 6.79. The van der Waals surface area contributed by atoms with Crippen molar-refractivity contribution in [1.29, 1.82) is 0 Å². The van der Waals surface area contributed by atoms with Gasteiger partial charge in [0, 0.05) is 27.9 Å². The standard InChI is InChI=1S/C32H27ClN8O5/c1-46-32(45)35-24-11-7-21(8-12-24)25-17-28(38-37-26(25)18-31(43)44)27(15-20-5-3-2-4-6-20)36-30(42)14-9-22-16-23(33)10-13-29(22)41-19-34-39-40-41/h2-14,16-17,19,27H,15,18H2,1H3,(H,35,45)(H,36,42)(H,43,44). The van der Waals surface area contributed by atoms with Crippen LogP contribution in [0.15, 0.2) is 91.3 Å². The molecule has 0 aliphatic rings. The average Bonchev–Trinajstić information content (AvgIpc) is 3.59. The Bertz CT molecular complexity index is 1870. The van der Waals surface area contributed by atoms with Crippen LogP contribution in [0, 0.1) is 0 Å². The summed E-state index contributed by atoms with van der Waals surface area (Å²) in [7, 11) is 1.26. The lowest BCUT2D eigenvalue weighted by Crippen LogP contribution is -2.29. The summed E-state index contributed by atoms with van der Waals surface area (Å²) in [5.74, 6) is -1.49. The van der Waals surface area contributed by atoms with Gasteiger partial charge < -0.3 is 15.2 Å². The smallest absolute Gasteiger partial charge is 0.411 e. The Morgan fingerprint density at radius 2 is 1.80 bits per heavy atom. The lowest BCUT2D eigenvalue weighted by Gasteiger charge is -2.19. The number of hydrogen-bond donors (Lipinski definition) is 3. The molecule has 0 saturated carbocycles. The molecule has 1 atom stereocenters. The Hall–Kier alpha value is -5.95. The molecule has 0 radical (unpaired) electrons. The highest BCUT2D eigenvalue weighted by molar-refractivity contribution is 6.30. The quantitative estimate of drug-likeness (QED) is 0.172. The fourth-order valence-corrected chi connectivity index (χ4v) is 4.81. The number of anilines is 1. The molecule has 0 aliphatic carbocycles. The number of benzene rings is 3. The van der Waals surface area contributed by atoms with Crippen molar-refractivity contribution in [2.24, 2.45) is 0 Å². The fourth-order valence-electron chi connectivity index (χ4n) is 4.63. The van der Waals surface area contributed by atoms with Crippen molar-refractivity contribution in [2.45, 2.75) is 18.9 Å². The first kappa shape index (κ1) is 31.5. The predicted molar refractivity (Wildman–Crippen MR) is 169 cm³/mol. The van der Waals surface area contributed by atoms with Gasteiger partial charge in [-0.1, -0.05) is 54.1 Å². The maximum absolute atomic E-state index is 13.3. The van der Waals surface area contributed by atoms with E-state index in [0.717, 1.165) is 5.56 Å². The molecular formula is C32H27ClN8O5. The summed E-state index contributed by atoms with van der Waals surface area (Å²) in [5.41, 5.74) is 4.48. The largest absolute Gasteiger partial charge is 0.481 e. The number of hydrogen-bond acceptors (Lipinski definition) is 9. The van der Waals surface area contributed by atoms with Gasteiger partial charge in [0.15, 0.2) is 0 Å². The number of carboxylic acids is 1. The molecule has 2 aromatic heterocycles. The van der Waals surface area contributed by atoms with E-state index in [-0.39, 0.29) is 12.1 Å². The number of nitrogens with zero attached hydrogens (tertiary/aromatic N) is 6. The number of carbonyl (C=O) groups is 3. The summed E-state index contributed by atoms with van der Waals surface area (Å²) in [5, 5.41) is 35.5. The van der Waals surface area contributed by atoms with Gasteiger partial charge in [-0.15, -0.1) is 5.10 Å². The zero-order valence-electron chi connectivity index (χ0n) is 24.4. The number of rotatable bonds is 11. The van der Waals surface area contributed by atoms with Crippen molar-refractivity contribution in [3.05, 3.63) is 119 Å². The van der Waals surface area contributed by atoms with Crippen LogP contribution in [0.4, 0.5) is 10.5 Å². The minimum Gasteiger partial charge on any atom is -0.481 e. The summed E-state index contributed by atoms with van der Waals surface area (Å²) >= 11 is 6.22. The molecule has 0 bridgehead atoms. The summed E-state index contributed by atoms with van der Waals surface area (Å²) in [4.78, 5) is 36.6. The number of tetrazole rings is 1. The number of amides is 2. The molecule has 3 aromatic carbocycles. The van der Waals surface area contributed by atoms with Crippen molar-refractivity contribution in [2.75, 3.05) is 12.4 Å².